The highest BCUT2D eigenvalue weighted by molar-refractivity contribution is 7.98. The number of aryl methyl sites for hydroxylation is 1. The van der Waals surface area contributed by atoms with Crippen LogP contribution in [0.5, 0.6) is 0 Å². The van der Waals surface area contributed by atoms with E-state index in [2.05, 4.69) is 22.8 Å². The van der Waals surface area contributed by atoms with Crippen LogP contribution in [-0.4, -0.2) is 18.9 Å². The van der Waals surface area contributed by atoms with Crippen molar-refractivity contribution >= 4 is 30.1 Å². The smallest absolute Gasteiger partial charge is 0.219 e. The molecule has 0 aliphatic carbocycles. The summed E-state index contributed by atoms with van der Waals surface area (Å²) in [6.45, 7) is 5.31. The van der Waals surface area contributed by atoms with E-state index in [1.54, 1.807) is 11.8 Å². The lowest BCUT2D eigenvalue weighted by atomic mass is 10.2. The van der Waals surface area contributed by atoms with Crippen LogP contribution in [0.15, 0.2) is 33.1 Å². The third kappa shape index (κ3) is 2.60. The zero-order chi connectivity index (χ0) is 10.6. The average molecular weight is 207 g/mol. The zero-order valence-corrected chi connectivity index (χ0v) is 9.14. The normalized spacial score (nSPS) is 11.4. The minimum Gasteiger partial charge on any atom is -0.368 e. The van der Waals surface area contributed by atoms with Crippen LogP contribution < -0.4 is 5.73 Å². The molecule has 2 N–H and O–H groups in total. The third-order valence-electron chi connectivity index (χ3n) is 1.80. The first kappa shape index (κ1) is 10.8. The van der Waals surface area contributed by atoms with Crippen LogP contribution in [0.3, 0.4) is 0 Å². The Morgan fingerprint density at radius 2 is 2.21 bits per heavy atom. The Morgan fingerprint density at radius 3 is 2.71 bits per heavy atom. The summed E-state index contributed by atoms with van der Waals surface area (Å²) in [4.78, 5) is 8.86. The molecular weight excluding hydrogens is 194 g/mol. The fraction of sp³-hybridized carbons (Fsp3) is 0.200. The molecule has 14 heavy (non-hydrogen) atoms. The molecule has 4 heteroatoms. The van der Waals surface area contributed by atoms with E-state index >= 15 is 0 Å². The molecule has 0 saturated carbocycles. The number of guanidine groups is 1. The van der Waals surface area contributed by atoms with Crippen molar-refractivity contribution in [2.45, 2.75) is 11.8 Å². The monoisotopic (exact) mass is 207 g/mol. The molecule has 3 nitrogen and oxygen atoms in total. The van der Waals surface area contributed by atoms with E-state index < -0.39 is 0 Å². The molecule has 0 bridgehead atoms. The highest BCUT2D eigenvalue weighted by atomic mass is 32.2. The van der Waals surface area contributed by atoms with Gasteiger partial charge in [-0.25, -0.2) is 9.98 Å². The molecule has 0 amide bonds. The Hall–Kier alpha value is -1.29. The Bertz CT molecular complexity index is 372. The maximum Gasteiger partial charge on any atom is 0.219 e. The van der Waals surface area contributed by atoms with Crippen molar-refractivity contribution in [3.8, 4) is 0 Å². The Kier molecular flexibility index (Phi) is 3.71. The standard InChI is InChI=1S/C10H13N3S/c1-7-6-8(14-3)4-5-9(7)13-10(11)12-2/h4-6H,2H2,1,3H3,(H2,11,13). The van der Waals surface area contributed by atoms with Crippen LogP contribution in [0.4, 0.5) is 5.69 Å². The van der Waals surface area contributed by atoms with E-state index in [0.717, 1.165) is 11.3 Å². The van der Waals surface area contributed by atoms with Gasteiger partial charge in [-0.3, -0.25) is 0 Å². The molecule has 0 spiro atoms. The molecule has 74 valence electrons. The summed E-state index contributed by atoms with van der Waals surface area (Å²) >= 11 is 1.70. The summed E-state index contributed by atoms with van der Waals surface area (Å²) in [6.07, 6.45) is 2.04. The largest absolute Gasteiger partial charge is 0.368 e. The highest BCUT2D eigenvalue weighted by Crippen LogP contribution is 2.24. The lowest BCUT2D eigenvalue weighted by Crippen LogP contribution is -2.06. The molecule has 0 aliphatic heterocycles. The molecule has 0 heterocycles. The van der Waals surface area contributed by atoms with Gasteiger partial charge in [-0.1, -0.05) is 0 Å². The molecular formula is C10H13N3S. The van der Waals surface area contributed by atoms with Gasteiger partial charge in [0, 0.05) is 4.90 Å². The Labute approximate surface area is 88.1 Å². The predicted molar refractivity (Wildman–Crippen MR) is 63.8 cm³/mol. The average Bonchev–Trinajstić information content (AvgIpc) is 2.20. The molecule has 0 fully saturated rings. The summed E-state index contributed by atoms with van der Waals surface area (Å²) in [5.41, 5.74) is 7.39. The first-order valence-corrected chi connectivity index (χ1v) is 5.35. The summed E-state index contributed by atoms with van der Waals surface area (Å²) in [6, 6.07) is 6.01. The maximum absolute atomic E-state index is 5.46. The van der Waals surface area contributed by atoms with Gasteiger partial charge in [0.1, 0.15) is 0 Å². The number of hydrogen-bond acceptors (Lipinski definition) is 2. The minimum atomic E-state index is 0.199. The zero-order valence-electron chi connectivity index (χ0n) is 8.32. The maximum atomic E-state index is 5.46. The van der Waals surface area contributed by atoms with Gasteiger partial charge in [0.2, 0.25) is 5.96 Å². The summed E-state index contributed by atoms with van der Waals surface area (Å²) in [5.74, 6) is 0.199. The van der Waals surface area contributed by atoms with Crippen LogP contribution >= 0.6 is 11.8 Å². The SMILES string of the molecule is C=NC(N)=Nc1ccc(SC)cc1C. The second-order valence-corrected chi connectivity index (χ2v) is 3.66. The number of benzene rings is 1. The van der Waals surface area contributed by atoms with Crippen molar-refractivity contribution in [1.29, 1.82) is 0 Å². The first-order valence-electron chi connectivity index (χ1n) is 4.13. The van der Waals surface area contributed by atoms with E-state index in [4.69, 9.17) is 5.73 Å². The van der Waals surface area contributed by atoms with E-state index in [1.165, 1.54) is 4.90 Å². The summed E-state index contributed by atoms with van der Waals surface area (Å²) in [7, 11) is 0. The summed E-state index contributed by atoms with van der Waals surface area (Å²) in [5, 5.41) is 0. The molecule has 1 rings (SSSR count). The second-order valence-electron chi connectivity index (χ2n) is 2.78. The van der Waals surface area contributed by atoms with Crippen LogP contribution in [0, 0.1) is 6.92 Å². The van der Waals surface area contributed by atoms with Crippen LogP contribution in [0.1, 0.15) is 5.56 Å². The molecule has 0 saturated heterocycles. The van der Waals surface area contributed by atoms with Crippen molar-refractivity contribution in [1.82, 2.24) is 0 Å². The fourth-order valence-electron chi connectivity index (χ4n) is 1.04. The molecule has 0 radical (unpaired) electrons. The van der Waals surface area contributed by atoms with Crippen LogP contribution in [0.25, 0.3) is 0 Å². The van der Waals surface area contributed by atoms with Gasteiger partial charge in [-0.15, -0.1) is 11.8 Å². The molecule has 0 aliphatic rings. The number of rotatable bonds is 2. The minimum absolute atomic E-state index is 0.199. The number of aliphatic imine (C=N–C) groups is 2. The van der Waals surface area contributed by atoms with Gasteiger partial charge < -0.3 is 5.73 Å². The number of thioether (sulfide) groups is 1. The van der Waals surface area contributed by atoms with Crippen molar-refractivity contribution in [2.75, 3.05) is 6.26 Å². The molecule has 0 aromatic heterocycles. The van der Waals surface area contributed by atoms with E-state index in [0.29, 0.717) is 0 Å². The van der Waals surface area contributed by atoms with Gasteiger partial charge in [0.25, 0.3) is 0 Å². The molecule has 0 atom stereocenters. The lowest BCUT2D eigenvalue weighted by Gasteiger charge is -2.02. The summed E-state index contributed by atoms with van der Waals surface area (Å²) < 4.78 is 0. The van der Waals surface area contributed by atoms with E-state index in [-0.39, 0.29) is 5.96 Å². The Balaban J connectivity index is 3.06. The quantitative estimate of drug-likeness (QED) is 0.460. The predicted octanol–water partition coefficient (Wildman–Crippen LogP) is 2.36. The van der Waals surface area contributed by atoms with Gasteiger partial charge in [0.05, 0.1) is 5.69 Å². The number of nitrogens with two attached hydrogens (primary N) is 1. The first-order chi connectivity index (χ1) is 6.67. The second kappa shape index (κ2) is 4.81. The number of hydrogen-bond donors (Lipinski definition) is 1. The Morgan fingerprint density at radius 1 is 1.50 bits per heavy atom. The molecule has 0 unspecified atom stereocenters. The third-order valence-corrected chi connectivity index (χ3v) is 2.53. The molecule has 1 aromatic rings. The highest BCUT2D eigenvalue weighted by Gasteiger charge is 1.98. The van der Waals surface area contributed by atoms with Gasteiger partial charge in [0.15, 0.2) is 0 Å². The lowest BCUT2D eigenvalue weighted by molar-refractivity contribution is 1.31. The van der Waals surface area contributed by atoms with Crippen molar-refractivity contribution in [3.63, 3.8) is 0 Å². The molecule has 1 aromatic carbocycles. The van der Waals surface area contributed by atoms with Crippen LogP contribution in [-0.2, 0) is 0 Å². The van der Waals surface area contributed by atoms with Gasteiger partial charge in [-0.2, -0.15) is 0 Å². The van der Waals surface area contributed by atoms with Crippen molar-refractivity contribution < 1.29 is 0 Å². The van der Waals surface area contributed by atoms with E-state index in [1.807, 2.05) is 25.3 Å². The van der Waals surface area contributed by atoms with Gasteiger partial charge >= 0.3 is 0 Å². The fourth-order valence-corrected chi connectivity index (χ4v) is 1.54. The van der Waals surface area contributed by atoms with Gasteiger partial charge in [-0.05, 0) is 43.7 Å². The topological polar surface area (TPSA) is 50.7 Å². The number of nitrogens with zero attached hydrogens (tertiary/aromatic N) is 2. The van der Waals surface area contributed by atoms with E-state index in [9.17, 15) is 0 Å². The van der Waals surface area contributed by atoms with Crippen molar-refractivity contribution in [3.05, 3.63) is 23.8 Å². The van der Waals surface area contributed by atoms with Crippen LogP contribution in [0.2, 0.25) is 0 Å². The van der Waals surface area contributed by atoms with Crippen molar-refractivity contribution in [2.24, 2.45) is 15.7 Å².